The molecule has 0 spiro atoms. The van der Waals surface area contributed by atoms with Gasteiger partial charge in [-0.2, -0.15) is 23.3 Å². The Morgan fingerprint density at radius 2 is 1.76 bits per heavy atom. The van der Waals surface area contributed by atoms with Crippen LogP contribution in [0.3, 0.4) is 0 Å². The van der Waals surface area contributed by atoms with E-state index in [9.17, 15) is 23.1 Å². The van der Waals surface area contributed by atoms with Gasteiger partial charge < -0.3 is 5.11 Å². The average molecular weight is 475 g/mol. The number of aromatic nitrogens is 3. The van der Waals surface area contributed by atoms with Crippen molar-refractivity contribution >= 4 is 23.4 Å². The third kappa shape index (κ3) is 4.38. The molecule has 3 aromatic rings. The van der Waals surface area contributed by atoms with Crippen molar-refractivity contribution in [3.05, 3.63) is 60.2 Å². The minimum atomic E-state index is -5.04. The molecule has 0 aliphatic carbocycles. The lowest BCUT2D eigenvalue weighted by atomic mass is 10.1. The minimum Gasteiger partial charge on any atom is -0.362 e. The zero-order valence-electron chi connectivity index (χ0n) is 17.7. The van der Waals surface area contributed by atoms with Gasteiger partial charge in [0.15, 0.2) is 11.0 Å². The number of alkyl halides is 3. The Morgan fingerprint density at radius 3 is 2.39 bits per heavy atom. The van der Waals surface area contributed by atoms with Gasteiger partial charge in [0.1, 0.15) is 0 Å². The average Bonchev–Trinajstić information content (AvgIpc) is 3.34. The van der Waals surface area contributed by atoms with Crippen LogP contribution < -0.4 is 0 Å². The first-order valence-corrected chi connectivity index (χ1v) is 11.0. The molecule has 1 atom stereocenters. The number of hydrogen-bond acceptors (Lipinski definition) is 6. The van der Waals surface area contributed by atoms with E-state index in [-0.39, 0.29) is 10.7 Å². The molecule has 2 aromatic carbocycles. The van der Waals surface area contributed by atoms with Gasteiger partial charge in [0.25, 0.3) is 11.6 Å². The molecule has 0 saturated heterocycles. The normalized spacial score (nSPS) is 18.5. The van der Waals surface area contributed by atoms with E-state index in [0.717, 1.165) is 28.6 Å². The molecule has 172 valence electrons. The highest BCUT2D eigenvalue weighted by Gasteiger charge is 2.62. The lowest BCUT2D eigenvalue weighted by Gasteiger charge is -2.32. The number of benzene rings is 2. The van der Waals surface area contributed by atoms with Crippen LogP contribution in [0.2, 0.25) is 0 Å². The largest absolute Gasteiger partial charge is 0.438 e. The molecule has 0 radical (unpaired) electrons. The fraction of sp³-hybridized carbons (Fsp3) is 0.273. The van der Waals surface area contributed by atoms with Crippen LogP contribution in [0.5, 0.6) is 0 Å². The second-order valence-corrected chi connectivity index (χ2v) is 8.61. The number of halogens is 3. The molecule has 0 bridgehead atoms. The molecule has 1 amide bonds. The van der Waals surface area contributed by atoms with Crippen LogP contribution >= 0.6 is 11.8 Å². The summed E-state index contributed by atoms with van der Waals surface area (Å²) in [6.07, 6.45) is -5.83. The predicted molar refractivity (Wildman–Crippen MR) is 118 cm³/mol. The summed E-state index contributed by atoms with van der Waals surface area (Å²) >= 11 is 0.920. The Labute approximate surface area is 191 Å². The molecule has 0 fully saturated rings. The lowest BCUT2D eigenvalue weighted by Crippen LogP contribution is -2.57. The fourth-order valence-electron chi connectivity index (χ4n) is 3.45. The van der Waals surface area contributed by atoms with Gasteiger partial charge in [0.05, 0.1) is 5.75 Å². The van der Waals surface area contributed by atoms with Gasteiger partial charge >= 0.3 is 6.18 Å². The highest BCUT2D eigenvalue weighted by molar-refractivity contribution is 7.99. The molecule has 0 saturated carbocycles. The topological polar surface area (TPSA) is 83.6 Å². The van der Waals surface area contributed by atoms with Gasteiger partial charge in [-0.05, 0) is 26.0 Å². The summed E-state index contributed by atoms with van der Waals surface area (Å²) in [6.45, 7) is 3.28. The number of carbonyl (C=O) groups is 1. The van der Waals surface area contributed by atoms with Crippen LogP contribution in [-0.2, 0) is 4.79 Å². The van der Waals surface area contributed by atoms with Crippen molar-refractivity contribution in [1.29, 1.82) is 0 Å². The molecular weight excluding hydrogens is 455 g/mol. The molecule has 2 heterocycles. The number of rotatable bonds is 5. The minimum absolute atomic E-state index is 0.0161. The third-order valence-corrected chi connectivity index (χ3v) is 6.01. The van der Waals surface area contributed by atoms with Gasteiger partial charge in [-0.15, -0.1) is 10.2 Å². The van der Waals surface area contributed by atoms with Crippen molar-refractivity contribution in [2.45, 2.75) is 37.3 Å². The van der Waals surface area contributed by atoms with Gasteiger partial charge in [-0.25, -0.2) is 0 Å². The first kappa shape index (κ1) is 23.0. The second kappa shape index (κ2) is 8.64. The van der Waals surface area contributed by atoms with E-state index < -0.39 is 30.0 Å². The van der Waals surface area contributed by atoms with Gasteiger partial charge in [0.2, 0.25) is 0 Å². The van der Waals surface area contributed by atoms with E-state index in [0.29, 0.717) is 11.0 Å². The number of aliphatic hydroxyl groups is 1. The molecule has 11 heteroatoms. The molecule has 1 aliphatic rings. The van der Waals surface area contributed by atoms with Crippen LogP contribution in [0, 0.1) is 6.92 Å². The first-order chi connectivity index (χ1) is 15.6. The molecule has 33 heavy (non-hydrogen) atoms. The molecule has 1 aliphatic heterocycles. The number of carbonyl (C=O) groups excluding carboxylic acids is 1. The SMILES string of the molecule is CC1=NN(C(=O)CSc2nnc(-c3ccccc3)n2-c2ccc(C)cc2)[C@](O)(C(F)(F)F)C1. The standard InChI is InChI=1S/C22H20F3N5O2S/c1-14-8-10-17(11-9-14)29-19(16-6-4-3-5-7-16)26-27-20(29)33-13-18(31)30-21(32,22(23,24)25)12-15(2)28-30/h3-11,32H,12-13H2,1-2H3/t21-/m1/s1. The molecule has 1 aromatic heterocycles. The van der Waals surface area contributed by atoms with Crippen molar-refractivity contribution in [3.8, 4) is 17.1 Å². The highest BCUT2D eigenvalue weighted by atomic mass is 32.2. The Hall–Kier alpha value is -3.18. The summed E-state index contributed by atoms with van der Waals surface area (Å²) in [5.41, 5.74) is -0.765. The lowest BCUT2D eigenvalue weighted by molar-refractivity contribution is -0.301. The molecule has 7 nitrogen and oxygen atoms in total. The zero-order chi connectivity index (χ0) is 23.8. The van der Waals surface area contributed by atoms with E-state index in [1.54, 1.807) is 4.57 Å². The maximum absolute atomic E-state index is 13.5. The number of amides is 1. The summed E-state index contributed by atoms with van der Waals surface area (Å²) in [5, 5.41) is 22.7. The summed E-state index contributed by atoms with van der Waals surface area (Å²) < 4.78 is 42.1. The molecule has 0 unspecified atom stereocenters. The Morgan fingerprint density at radius 1 is 1.09 bits per heavy atom. The van der Waals surface area contributed by atoms with E-state index >= 15 is 0 Å². The molecule has 4 rings (SSSR count). The Balaban J connectivity index is 1.64. The Bertz CT molecular complexity index is 1190. The quantitative estimate of drug-likeness (QED) is 0.560. The van der Waals surface area contributed by atoms with Gasteiger partial charge in [0, 0.05) is 23.4 Å². The predicted octanol–water partition coefficient (Wildman–Crippen LogP) is 4.19. The number of hydrazone groups is 1. The summed E-state index contributed by atoms with van der Waals surface area (Å²) in [5.74, 6) is -0.888. The van der Waals surface area contributed by atoms with Crippen LogP contribution in [0.15, 0.2) is 64.9 Å². The summed E-state index contributed by atoms with van der Waals surface area (Å²) in [6, 6.07) is 16.9. The van der Waals surface area contributed by atoms with Crippen LogP contribution in [-0.4, -0.2) is 54.2 Å². The second-order valence-electron chi connectivity index (χ2n) is 7.66. The smallest absolute Gasteiger partial charge is 0.362 e. The molecule has 1 N–H and O–H groups in total. The van der Waals surface area contributed by atoms with Gasteiger partial charge in [-0.1, -0.05) is 59.8 Å². The number of nitrogens with zero attached hydrogens (tertiary/aromatic N) is 5. The van der Waals surface area contributed by atoms with E-state index in [2.05, 4.69) is 15.3 Å². The van der Waals surface area contributed by atoms with E-state index in [1.807, 2.05) is 61.5 Å². The van der Waals surface area contributed by atoms with Crippen molar-refractivity contribution < 1.29 is 23.1 Å². The monoisotopic (exact) mass is 475 g/mol. The van der Waals surface area contributed by atoms with Crippen LogP contribution in [0.25, 0.3) is 17.1 Å². The molecular formula is C22H20F3N5O2S. The first-order valence-electron chi connectivity index (χ1n) is 9.97. The van der Waals surface area contributed by atoms with Gasteiger partial charge in [-0.3, -0.25) is 9.36 Å². The van der Waals surface area contributed by atoms with Crippen molar-refractivity contribution in [1.82, 2.24) is 19.8 Å². The van der Waals surface area contributed by atoms with E-state index in [4.69, 9.17) is 0 Å². The number of hydrogen-bond donors (Lipinski definition) is 1. The number of aryl methyl sites for hydroxylation is 1. The van der Waals surface area contributed by atoms with Crippen LogP contribution in [0.1, 0.15) is 18.9 Å². The zero-order valence-corrected chi connectivity index (χ0v) is 18.6. The highest BCUT2D eigenvalue weighted by Crippen LogP contribution is 2.40. The van der Waals surface area contributed by atoms with Crippen molar-refractivity contribution in [2.75, 3.05) is 5.75 Å². The maximum Gasteiger partial charge on any atom is 0.438 e. The van der Waals surface area contributed by atoms with Crippen molar-refractivity contribution in [3.63, 3.8) is 0 Å². The summed E-state index contributed by atoms with van der Waals surface area (Å²) in [4.78, 5) is 12.7. The van der Waals surface area contributed by atoms with E-state index in [1.165, 1.54) is 6.92 Å². The summed E-state index contributed by atoms with van der Waals surface area (Å²) in [7, 11) is 0. The number of thioether (sulfide) groups is 1. The Kier molecular flexibility index (Phi) is 6.02. The van der Waals surface area contributed by atoms with Crippen molar-refractivity contribution in [2.24, 2.45) is 5.10 Å². The third-order valence-electron chi connectivity index (χ3n) is 5.10. The maximum atomic E-state index is 13.5. The van der Waals surface area contributed by atoms with Crippen LogP contribution in [0.4, 0.5) is 13.2 Å². The fourth-order valence-corrected chi connectivity index (χ4v) is 4.25.